The first-order chi connectivity index (χ1) is 11.9. The van der Waals surface area contributed by atoms with Crippen molar-refractivity contribution in [3.05, 3.63) is 64.7 Å². The fraction of sp³-hybridized carbons (Fsp3) is 0.263. The highest BCUT2D eigenvalue weighted by atomic mass is 35.5. The van der Waals surface area contributed by atoms with Gasteiger partial charge in [0.05, 0.1) is 17.8 Å². The molecule has 0 aliphatic carbocycles. The second-order valence-corrected chi connectivity index (χ2v) is 6.52. The van der Waals surface area contributed by atoms with Crippen molar-refractivity contribution >= 4 is 29.1 Å². The third-order valence-corrected chi connectivity index (χ3v) is 4.05. The minimum Gasteiger partial charge on any atom is -0.366 e. The number of amides is 2. The average Bonchev–Trinajstić information content (AvgIpc) is 2.54. The van der Waals surface area contributed by atoms with Crippen molar-refractivity contribution in [1.82, 2.24) is 4.90 Å². The number of hydrogen-bond acceptors (Lipinski definition) is 3. The van der Waals surface area contributed by atoms with Crippen LogP contribution < -0.4 is 11.1 Å². The van der Waals surface area contributed by atoms with Gasteiger partial charge in [-0.3, -0.25) is 14.5 Å². The molecule has 0 spiro atoms. The lowest BCUT2D eigenvalue weighted by molar-refractivity contribution is -0.117. The molecule has 132 valence electrons. The number of rotatable bonds is 7. The fourth-order valence-electron chi connectivity index (χ4n) is 2.47. The van der Waals surface area contributed by atoms with E-state index in [2.05, 4.69) is 5.32 Å². The van der Waals surface area contributed by atoms with Gasteiger partial charge >= 0.3 is 0 Å². The van der Waals surface area contributed by atoms with Crippen LogP contribution in [0.5, 0.6) is 0 Å². The Labute approximate surface area is 152 Å². The van der Waals surface area contributed by atoms with Crippen LogP contribution in [0.1, 0.15) is 29.8 Å². The average molecular weight is 360 g/mol. The quantitative estimate of drug-likeness (QED) is 0.796. The van der Waals surface area contributed by atoms with Crippen LogP contribution in [-0.2, 0) is 11.3 Å². The fourth-order valence-corrected chi connectivity index (χ4v) is 2.68. The molecule has 0 saturated carbocycles. The number of para-hydroxylation sites is 1. The second kappa shape index (κ2) is 8.65. The molecular formula is C19H22ClN3O2. The van der Waals surface area contributed by atoms with E-state index in [0.29, 0.717) is 22.8 Å². The zero-order valence-corrected chi connectivity index (χ0v) is 15.1. The van der Waals surface area contributed by atoms with Gasteiger partial charge in [-0.1, -0.05) is 35.9 Å². The molecule has 0 bridgehead atoms. The van der Waals surface area contributed by atoms with Gasteiger partial charge in [0.25, 0.3) is 5.91 Å². The zero-order chi connectivity index (χ0) is 18.4. The van der Waals surface area contributed by atoms with Crippen molar-refractivity contribution in [1.29, 1.82) is 0 Å². The van der Waals surface area contributed by atoms with Crippen molar-refractivity contribution in [2.24, 2.45) is 5.73 Å². The Bertz CT molecular complexity index is 762. The van der Waals surface area contributed by atoms with Crippen LogP contribution in [0.2, 0.25) is 5.02 Å². The van der Waals surface area contributed by atoms with E-state index in [4.69, 9.17) is 17.3 Å². The molecular weight excluding hydrogens is 338 g/mol. The summed E-state index contributed by atoms with van der Waals surface area (Å²) in [7, 11) is 0. The van der Waals surface area contributed by atoms with Crippen molar-refractivity contribution in [3.63, 3.8) is 0 Å². The molecule has 0 aliphatic rings. The van der Waals surface area contributed by atoms with Crippen LogP contribution in [0.15, 0.2) is 48.5 Å². The molecule has 0 aromatic heterocycles. The lowest BCUT2D eigenvalue weighted by Crippen LogP contribution is -2.37. The highest BCUT2D eigenvalue weighted by Crippen LogP contribution is 2.16. The smallest absolute Gasteiger partial charge is 0.250 e. The van der Waals surface area contributed by atoms with Crippen molar-refractivity contribution in [2.75, 3.05) is 11.9 Å². The normalized spacial score (nSPS) is 10.9. The molecule has 0 heterocycles. The SMILES string of the molecule is CC(C)N(CC(=O)Nc1ccccc1C(N)=O)Cc1cccc(Cl)c1. The lowest BCUT2D eigenvalue weighted by Gasteiger charge is -2.26. The number of carbonyl (C=O) groups is 2. The molecule has 2 amide bonds. The Morgan fingerprint density at radius 2 is 1.88 bits per heavy atom. The molecule has 2 aromatic carbocycles. The largest absolute Gasteiger partial charge is 0.366 e. The number of anilines is 1. The predicted molar refractivity (Wildman–Crippen MR) is 101 cm³/mol. The maximum Gasteiger partial charge on any atom is 0.250 e. The third-order valence-electron chi connectivity index (χ3n) is 3.82. The van der Waals surface area contributed by atoms with E-state index in [9.17, 15) is 9.59 Å². The summed E-state index contributed by atoms with van der Waals surface area (Å²) in [5.74, 6) is -0.778. The van der Waals surface area contributed by atoms with Gasteiger partial charge in [0.15, 0.2) is 0 Å². The van der Waals surface area contributed by atoms with Gasteiger partial charge in [-0.15, -0.1) is 0 Å². The van der Waals surface area contributed by atoms with Gasteiger partial charge < -0.3 is 11.1 Å². The van der Waals surface area contributed by atoms with E-state index < -0.39 is 5.91 Å². The third kappa shape index (κ3) is 5.59. The number of benzene rings is 2. The number of nitrogens with zero attached hydrogens (tertiary/aromatic N) is 1. The predicted octanol–water partition coefficient (Wildman–Crippen LogP) is 3.29. The van der Waals surface area contributed by atoms with Gasteiger partial charge in [0.2, 0.25) is 5.91 Å². The standard InChI is InChI=1S/C19H22ClN3O2/c1-13(2)23(11-14-6-5-7-15(20)10-14)12-18(24)22-17-9-4-3-8-16(17)19(21)25/h3-10,13H,11-12H2,1-2H3,(H2,21,25)(H,22,24). The monoisotopic (exact) mass is 359 g/mol. The minimum atomic E-state index is -0.574. The Kier molecular flexibility index (Phi) is 6.56. The number of primary amides is 1. The topological polar surface area (TPSA) is 75.4 Å². The summed E-state index contributed by atoms with van der Waals surface area (Å²) in [5, 5.41) is 3.43. The van der Waals surface area contributed by atoms with Gasteiger partial charge in [0.1, 0.15) is 0 Å². The molecule has 2 rings (SSSR count). The second-order valence-electron chi connectivity index (χ2n) is 6.09. The summed E-state index contributed by atoms with van der Waals surface area (Å²) in [6, 6.07) is 14.4. The first-order valence-electron chi connectivity index (χ1n) is 8.04. The van der Waals surface area contributed by atoms with E-state index in [1.54, 1.807) is 24.3 Å². The zero-order valence-electron chi connectivity index (χ0n) is 14.3. The molecule has 25 heavy (non-hydrogen) atoms. The molecule has 0 saturated heterocycles. The number of carbonyl (C=O) groups excluding carboxylic acids is 2. The van der Waals surface area contributed by atoms with Crippen LogP contribution in [0.3, 0.4) is 0 Å². The Hall–Kier alpha value is -2.37. The van der Waals surface area contributed by atoms with Crippen molar-refractivity contribution in [2.45, 2.75) is 26.4 Å². The van der Waals surface area contributed by atoms with Gasteiger partial charge in [-0.05, 0) is 43.7 Å². The Morgan fingerprint density at radius 1 is 1.16 bits per heavy atom. The van der Waals surface area contributed by atoms with E-state index in [-0.39, 0.29) is 18.5 Å². The summed E-state index contributed by atoms with van der Waals surface area (Å²) in [5.41, 5.74) is 7.09. The van der Waals surface area contributed by atoms with Gasteiger partial charge in [-0.25, -0.2) is 0 Å². The maximum absolute atomic E-state index is 12.4. The number of hydrogen-bond donors (Lipinski definition) is 2. The van der Waals surface area contributed by atoms with E-state index in [0.717, 1.165) is 5.56 Å². The van der Waals surface area contributed by atoms with Crippen LogP contribution >= 0.6 is 11.6 Å². The van der Waals surface area contributed by atoms with Gasteiger partial charge in [-0.2, -0.15) is 0 Å². The summed E-state index contributed by atoms with van der Waals surface area (Å²) in [4.78, 5) is 25.9. The van der Waals surface area contributed by atoms with E-state index in [1.807, 2.05) is 43.0 Å². The highest BCUT2D eigenvalue weighted by Gasteiger charge is 2.16. The van der Waals surface area contributed by atoms with Gasteiger partial charge in [0, 0.05) is 17.6 Å². The van der Waals surface area contributed by atoms with E-state index in [1.165, 1.54) is 0 Å². The van der Waals surface area contributed by atoms with Crippen LogP contribution in [0.25, 0.3) is 0 Å². The molecule has 0 aliphatic heterocycles. The minimum absolute atomic E-state index is 0.163. The summed E-state index contributed by atoms with van der Waals surface area (Å²) in [6.07, 6.45) is 0. The van der Waals surface area contributed by atoms with Crippen LogP contribution in [0, 0.1) is 0 Å². The summed E-state index contributed by atoms with van der Waals surface area (Å²) >= 11 is 6.03. The van der Waals surface area contributed by atoms with Crippen molar-refractivity contribution in [3.8, 4) is 0 Å². The first kappa shape index (κ1) is 19.0. The number of nitrogens with two attached hydrogens (primary N) is 1. The van der Waals surface area contributed by atoms with Crippen LogP contribution in [-0.4, -0.2) is 29.3 Å². The molecule has 0 unspecified atom stereocenters. The molecule has 0 fully saturated rings. The first-order valence-corrected chi connectivity index (χ1v) is 8.42. The summed E-state index contributed by atoms with van der Waals surface area (Å²) < 4.78 is 0. The Morgan fingerprint density at radius 3 is 2.52 bits per heavy atom. The molecule has 0 radical (unpaired) electrons. The maximum atomic E-state index is 12.4. The summed E-state index contributed by atoms with van der Waals surface area (Å²) in [6.45, 7) is 4.84. The number of nitrogens with one attached hydrogen (secondary N) is 1. The number of halogens is 1. The van der Waals surface area contributed by atoms with E-state index >= 15 is 0 Å². The Balaban J connectivity index is 2.07. The molecule has 6 heteroatoms. The molecule has 5 nitrogen and oxygen atoms in total. The molecule has 0 atom stereocenters. The molecule has 3 N–H and O–H groups in total. The molecule has 2 aromatic rings. The highest BCUT2D eigenvalue weighted by molar-refractivity contribution is 6.30. The van der Waals surface area contributed by atoms with Crippen LogP contribution in [0.4, 0.5) is 5.69 Å². The van der Waals surface area contributed by atoms with Crippen molar-refractivity contribution < 1.29 is 9.59 Å². The lowest BCUT2D eigenvalue weighted by atomic mass is 10.1.